The molecule has 0 amide bonds. The second-order valence-corrected chi connectivity index (χ2v) is 7.15. The number of hydrogen-bond donors (Lipinski definition) is 1. The molecule has 2 aromatic rings. The van der Waals surface area contributed by atoms with Crippen molar-refractivity contribution in [2.75, 3.05) is 31.2 Å². The van der Waals surface area contributed by atoms with Crippen molar-refractivity contribution >= 4 is 28.4 Å². The standard InChI is InChI=1S/C20H27FN4S/c1-5-25(6-2)11-7-8-14(3)23-19-16-12-15(21)9-10-18(16)24-20(26-4)17(19)13-22/h9-10,12,14H,5-8,11H2,1-4H3,(H,23,24)/t14-/m0/s1. The van der Waals surface area contributed by atoms with Gasteiger partial charge in [-0.3, -0.25) is 0 Å². The van der Waals surface area contributed by atoms with E-state index in [9.17, 15) is 9.65 Å². The smallest absolute Gasteiger partial charge is 0.124 e. The lowest BCUT2D eigenvalue weighted by Gasteiger charge is -2.21. The van der Waals surface area contributed by atoms with Gasteiger partial charge in [0.05, 0.1) is 11.2 Å². The molecule has 1 heterocycles. The number of fused-ring (bicyclic) bond motifs is 1. The van der Waals surface area contributed by atoms with E-state index in [4.69, 9.17) is 0 Å². The number of rotatable bonds is 9. The zero-order valence-corrected chi connectivity index (χ0v) is 16.8. The number of anilines is 1. The Kier molecular flexibility index (Phi) is 7.67. The Morgan fingerprint density at radius 3 is 2.69 bits per heavy atom. The third kappa shape index (κ3) is 4.87. The first-order valence-electron chi connectivity index (χ1n) is 9.10. The average Bonchev–Trinajstić information content (AvgIpc) is 2.65. The van der Waals surface area contributed by atoms with E-state index in [0.717, 1.165) is 32.5 Å². The van der Waals surface area contributed by atoms with E-state index in [2.05, 4.69) is 42.0 Å². The highest BCUT2D eigenvalue weighted by molar-refractivity contribution is 7.98. The quantitative estimate of drug-likeness (QED) is 0.633. The van der Waals surface area contributed by atoms with Crippen molar-refractivity contribution in [3.05, 3.63) is 29.6 Å². The molecule has 0 fully saturated rings. The molecule has 0 aliphatic rings. The lowest BCUT2D eigenvalue weighted by Crippen LogP contribution is -2.25. The molecule has 4 nitrogen and oxygen atoms in total. The molecule has 0 saturated heterocycles. The summed E-state index contributed by atoms with van der Waals surface area (Å²) in [6.07, 6.45) is 3.95. The van der Waals surface area contributed by atoms with E-state index < -0.39 is 0 Å². The van der Waals surface area contributed by atoms with Crippen LogP contribution in [0.25, 0.3) is 10.9 Å². The zero-order valence-electron chi connectivity index (χ0n) is 16.0. The fraction of sp³-hybridized carbons (Fsp3) is 0.500. The van der Waals surface area contributed by atoms with Crippen LogP contribution in [-0.2, 0) is 0 Å². The highest BCUT2D eigenvalue weighted by Crippen LogP contribution is 2.33. The van der Waals surface area contributed by atoms with Gasteiger partial charge >= 0.3 is 0 Å². The van der Waals surface area contributed by atoms with Crippen molar-refractivity contribution in [3.8, 4) is 6.07 Å². The Hall–Kier alpha value is -1.84. The molecule has 0 unspecified atom stereocenters. The minimum Gasteiger partial charge on any atom is -0.381 e. The summed E-state index contributed by atoms with van der Waals surface area (Å²) in [6, 6.07) is 6.96. The van der Waals surface area contributed by atoms with Gasteiger partial charge in [0.2, 0.25) is 0 Å². The normalized spacial score (nSPS) is 12.3. The first-order valence-corrected chi connectivity index (χ1v) is 10.3. The van der Waals surface area contributed by atoms with Crippen LogP contribution in [0, 0.1) is 17.1 Å². The summed E-state index contributed by atoms with van der Waals surface area (Å²) in [5.41, 5.74) is 1.88. The molecule has 1 aromatic carbocycles. The summed E-state index contributed by atoms with van der Waals surface area (Å²) >= 11 is 1.43. The highest BCUT2D eigenvalue weighted by atomic mass is 32.2. The third-order valence-corrected chi connectivity index (χ3v) is 5.30. The van der Waals surface area contributed by atoms with Crippen LogP contribution in [-0.4, -0.2) is 41.8 Å². The Balaban J connectivity index is 2.26. The minimum absolute atomic E-state index is 0.182. The van der Waals surface area contributed by atoms with Gasteiger partial charge in [-0.25, -0.2) is 9.37 Å². The number of thioether (sulfide) groups is 1. The lowest BCUT2D eigenvalue weighted by molar-refractivity contribution is 0.295. The van der Waals surface area contributed by atoms with Gasteiger partial charge in [-0.05, 0) is 63.9 Å². The molecule has 0 spiro atoms. The second-order valence-electron chi connectivity index (χ2n) is 6.36. The van der Waals surface area contributed by atoms with Gasteiger partial charge in [0.25, 0.3) is 0 Å². The zero-order chi connectivity index (χ0) is 19.1. The van der Waals surface area contributed by atoms with Gasteiger partial charge in [-0.15, -0.1) is 11.8 Å². The first-order chi connectivity index (χ1) is 12.5. The van der Waals surface area contributed by atoms with Crippen molar-refractivity contribution < 1.29 is 4.39 Å². The van der Waals surface area contributed by atoms with E-state index in [-0.39, 0.29) is 11.9 Å². The van der Waals surface area contributed by atoms with Crippen LogP contribution in [0.2, 0.25) is 0 Å². The van der Waals surface area contributed by atoms with E-state index in [1.807, 2.05) is 6.26 Å². The van der Waals surface area contributed by atoms with Gasteiger partial charge < -0.3 is 10.2 Å². The fourth-order valence-corrected chi connectivity index (χ4v) is 3.64. The van der Waals surface area contributed by atoms with Crippen molar-refractivity contribution in [2.45, 2.75) is 44.7 Å². The Morgan fingerprint density at radius 1 is 1.35 bits per heavy atom. The maximum atomic E-state index is 13.8. The second kappa shape index (κ2) is 9.75. The molecule has 0 saturated carbocycles. The maximum Gasteiger partial charge on any atom is 0.124 e. The predicted octanol–water partition coefficient (Wildman–Crippen LogP) is 4.89. The van der Waals surface area contributed by atoms with Crippen LogP contribution >= 0.6 is 11.8 Å². The minimum atomic E-state index is -0.322. The largest absolute Gasteiger partial charge is 0.381 e. The SMILES string of the molecule is CCN(CC)CCC[C@H](C)Nc1c(C#N)c(SC)nc2ccc(F)cc12. The Morgan fingerprint density at radius 2 is 2.08 bits per heavy atom. The van der Waals surface area contributed by atoms with Crippen molar-refractivity contribution in [2.24, 2.45) is 0 Å². The molecule has 0 aliphatic heterocycles. The Bertz CT molecular complexity index is 783. The van der Waals surface area contributed by atoms with Crippen molar-refractivity contribution in [1.29, 1.82) is 5.26 Å². The molecule has 140 valence electrons. The molecule has 1 N–H and O–H groups in total. The first kappa shape index (κ1) is 20.5. The summed E-state index contributed by atoms with van der Waals surface area (Å²) in [7, 11) is 0. The third-order valence-electron chi connectivity index (χ3n) is 4.62. The summed E-state index contributed by atoms with van der Waals surface area (Å²) in [5, 5.41) is 14.4. The number of hydrogen-bond acceptors (Lipinski definition) is 5. The molecule has 0 radical (unpaired) electrons. The topological polar surface area (TPSA) is 52.0 Å². The number of halogens is 1. The fourth-order valence-electron chi connectivity index (χ4n) is 3.09. The van der Waals surface area contributed by atoms with Gasteiger partial charge in [0.15, 0.2) is 0 Å². The predicted molar refractivity (Wildman–Crippen MR) is 108 cm³/mol. The van der Waals surface area contributed by atoms with Crippen molar-refractivity contribution in [1.82, 2.24) is 9.88 Å². The van der Waals surface area contributed by atoms with Crippen LogP contribution in [0.5, 0.6) is 0 Å². The van der Waals surface area contributed by atoms with Crippen LogP contribution in [0.1, 0.15) is 39.2 Å². The maximum absolute atomic E-state index is 13.8. The van der Waals surface area contributed by atoms with Crippen LogP contribution < -0.4 is 5.32 Å². The van der Waals surface area contributed by atoms with Gasteiger partial charge in [0, 0.05) is 11.4 Å². The molecular formula is C20H27FN4S. The molecule has 6 heteroatoms. The van der Waals surface area contributed by atoms with Crippen LogP contribution in [0.3, 0.4) is 0 Å². The van der Waals surface area contributed by atoms with E-state index >= 15 is 0 Å². The molecule has 0 aliphatic carbocycles. The average molecular weight is 375 g/mol. The van der Waals surface area contributed by atoms with E-state index in [0.29, 0.717) is 27.2 Å². The molecular weight excluding hydrogens is 347 g/mol. The lowest BCUT2D eigenvalue weighted by atomic mass is 10.1. The van der Waals surface area contributed by atoms with E-state index in [1.54, 1.807) is 6.07 Å². The van der Waals surface area contributed by atoms with Crippen LogP contribution in [0.4, 0.5) is 10.1 Å². The molecule has 26 heavy (non-hydrogen) atoms. The summed E-state index contributed by atoms with van der Waals surface area (Å²) in [5.74, 6) is -0.322. The monoisotopic (exact) mass is 374 g/mol. The number of nitrogens with zero attached hydrogens (tertiary/aromatic N) is 3. The number of aromatic nitrogens is 1. The molecule has 2 rings (SSSR count). The number of nitriles is 1. The van der Waals surface area contributed by atoms with E-state index in [1.165, 1.54) is 23.9 Å². The molecule has 1 aromatic heterocycles. The van der Waals surface area contributed by atoms with Gasteiger partial charge in [-0.2, -0.15) is 5.26 Å². The summed E-state index contributed by atoms with van der Waals surface area (Å²) in [4.78, 5) is 6.91. The van der Waals surface area contributed by atoms with Crippen LogP contribution in [0.15, 0.2) is 23.2 Å². The Labute approximate surface area is 159 Å². The molecule has 0 bridgehead atoms. The summed E-state index contributed by atoms with van der Waals surface area (Å²) < 4.78 is 13.8. The van der Waals surface area contributed by atoms with Crippen molar-refractivity contribution in [3.63, 3.8) is 0 Å². The number of pyridine rings is 1. The van der Waals surface area contributed by atoms with Gasteiger partial charge in [0.1, 0.15) is 22.5 Å². The highest BCUT2D eigenvalue weighted by Gasteiger charge is 2.17. The molecule has 1 atom stereocenters. The van der Waals surface area contributed by atoms with Gasteiger partial charge in [-0.1, -0.05) is 13.8 Å². The number of nitrogens with one attached hydrogen (secondary N) is 1. The number of benzene rings is 1. The summed E-state index contributed by atoms with van der Waals surface area (Å²) in [6.45, 7) is 9.63.